The van der Waals surface area contributed by atoms with Gasteiger partial charge in [-0.2, -0.15) is 0 Å². The molecule has 1 amide bonds. The smallest absolute Gasteiger partial charge is 0.227 e. The maximum absolute atomic E-state index is 13.5. The Balaban J connectivity index is 1.45. The van der Waals surface area contributed by atoms with E-state index in [9.17, 15) is 9.18 Å². The van der Waals surface area contributed by atoms with Crippen molar-refractivity contribution >= 4 is 5.91 Å². The van der Waals surface area contributed by atoms with Gasteiger partial charge in [0.2, 0.25) is 5.91 Å². The predicted octanol–water partition coefficient (Wildman–Crippen LogP) is 4.77. The largest absolute Gasteiger partial charge is 0.493 e. The Kier molecular flexibility index (Phi) is 7.14. The lowest BCUT2D eigenvalue weighted by Crippen LogP contribution is -2.40. The molecule has 2 fully saturated rings. The van der Waals surface area contributed by atoms with Crippen LogP contribution in [0.2, 0.25) is 0 Å². The Hall–Kier alpha value is -2.40. The number of amides is 1. The summed E-state index contributed by atoms with van der Waals surface area (Å²) in [6.07, 6.45) is 2.49. The van der Waals surface area contributed by atoms with Crippen LogP contribution in [0.4, 0.5) is 4.39 Å². The first-order valence-electron chi connectivity index (χ1n) is 11.8. The maximum Gasteiger partial charge on any atom is 0.227 e. The Morgan fingerprint density at radius 1 is 1.03 bits per heavy atom. The summed E-state index contributed by atoms with van der Waals surface area (Å²) >= 11 is 0. The summed E-state index contributed by atoms with van der Waals surface area (Å²) in [5.74, 6) is 2.55. The summed E-state index contributed by atoms with van der Waals surface area (Å²) < 4.78 is 19.2. The van der Waals surface area contributed by atoms with Crippen LogP contribution in [0.3, 0.4) is 0 Å². The standard InChI is InChI=1S/C27H35FN2O2/c1-19(2)18-32-26-10-6-20(7-11-26)12-27(31)30(15-21-4-8-24(28)9-5-21)25-13-22-16-29(3)17-23(22)14-25/h4-11,19,22-23,25H,12-18H2,1-3H3/t22-,23+,25?. The molecule has 1 saturated carbocycles. The van der Waals surface area contributed by atoms with Crippen molar-refractivity contribution in [1.82, 2.24) is 9.80 Å². The average molecular weight is 439 g/mol. The van der Waals surface area contributed by atoms with Crippen molar-refractivity contribution in [2.45, 2.75) is 45.7 Å². The van der Waals surface area contributed by atoms with Crippen molar-refractivity contribution in [3.63, 3.8) is 0 Å². The van der Waals surface area contributed by atoms with E-state index < -0.39 is 0 Å². The normalized spacial score (nSPS) is 22.8. The Labute approximate surface area is 191 Å². The number of nitrogens with zero attached hydrogens (tertiary/aromatic N) is 2. The Morgan fingerprint density at radius 2 is 1.62 bits per heavy atom. The number of likely N-dealkylation sites (tertiary alicyclic amines) is 1. The van der Waals surface area contributed by atoms with Crippen LogP contribution >= 0.6 is 0 Å². The van der Waals surface area contributed by atoms with Crippen molar-refractivity contribution < 1.29 is 13.9 Å². The molecule has 2 aromatic rings. The quantitative estimate of drug-likeness (QED) is 0.595. The molecule has 1 aliphatic heterocycles. The van der Waals surface area contributed by atoms with E-state index in [2.05, 4.69) is 30.7 Å². The molecule has 2 aromatic carbocycles. The number of carbonyl (C=O) groups is 1. The topological polar surface area (TPSA) is 32.8 Å². The van der Waals surface area contributed by atoms with Crippen molar-refractivity contribution in [3.05, 3.63) is 65.5 Å². The van der Waals surface area contributed by atoms with Gasteiger partial charge in [0, 0.05) is 25.7 Å². The number of carbonyl (C=O) groups excluding carboxylic acids is 1. The van der Waals surface area contributed by atoms with Crippen LogP contribution in [0.25, 0.3) is 0 Å². The molecule has 0 radical (unpaired) electrons. The second-order valence-electron chi connectivity index (χ2n) is 10.0. The van der Waals surface area contributed by atoms with Crippen LogP contribution in [-0.2, 0) is 17.8 Å². The zero-order valence-corrected chi connectivity index (χ0v) is 19.5. The number of ether oxygens (including phenoxy) is 1. The van der Waals surface area contributed by atoms with E-state index in [0.29, 0.717) is 37.3 Å². The third kappa shape index (κ3) is 5.69. The molecule has 32 heavy (non-hydrogen) atoms. The van der Waals surface area contributed by atoms with Crippen LogP contribution in [0, 0.1) is 23.6 Å². The lowest BCUT2D eigenvalue weighted by molar-refractivity contribution is -0.133. The molecule has 1 aliphatic carbocycles. The summed E-state index contributed by atoms with van der Waals surface area (Å²) in [5.41, 5.74) is 1.97. The van der Waals surface area contributed by atoms with E-state index >= 15 is 0 Å². The molecule has 4 nitrogen and oxygen atoms in total. The van der Waals surface area contributed by atoms with Crippen LogP contribution in [0.5, 0.6) is 5.75 Å². The van der Waals surface area contributed by atoms with E-state index in [1.54, 1.807) is 12.1 Å². The highest BCUT2D eigenvalue weighted by molar-refractivity contribution is 5.79. The molecule has 1 heterocycles. The van der Waals surface area contributed by atoms with Crippen molar-refractivity contribution in [2.75, 3.05) is 26.7 Å². The Bertz CT molecular complexity index is 883. The minimum atomic E-state index is -0.246. The molecule has 1 saturated heterocycles. The number of halogens is 1. The number of hydrogen-bond acceptors (Lipinski definition) is 3. The van der Waals surface area contributed by atoms with E-state index in [4.69, 9.17) is 4.74 Å². The van der Waals surface area contributed by atoms with Gasteiger partial charge in [0.15, 0.2) is 0 Å². The number of benzene rings is 2. The van der Waals surface area contributed by atoms with E-state index in [0.717, 1.165) is 42.8 Å². The van der Waals surface area contributed by atoms with E-state index in [1.165, 1.54) is 12.1 Å². The first-order chi connectivity index (χ1) is 15.4. The van der Waals surface area contributed by atoms with Crippen LogP contribution < -0.4 is 4.74 Å². The van der Waals surface area contributed by atoms with Gasteiger partial charge in [0.05, 0.1) is 13.0 Å². The summed E-state index contributed by atoms with van der Waals surface area (Å²) in [6, 6.07) is 14.7. The fourth-order valence-corrected chi connectivity index (χ4v) is 5.21. The maximum atomic E-state index is 13.5. The van der Waals surface area contributed by atoms with Gasteiger partial charge >= 0.3 is 0 Å². The molecule has 5 heteroatoms. The summed E-state index contributed by atoms with van der Waals surface area (Å²) in [5, 5.41) is 0. The molecule has 172 valence electrons. The second-order valence-corrected chi connectivity index (χ2v) is 10.0. The third-order valence-corrected chi connectivity index (χ3v) is 6.80. The van der Waals surface area contributed by atoms with Crippen LogP contribution in [-0.4, -0.2) is 48.5 Å². The van der Waals surface area contributed by atoms with Gasteiger partial charge in [-0.25, -0.2) is 4.39 Å². The van der Waals surface area contributed by atoms with E-state index in [1.807, 2.05) is 24.3 Å². The van der Waals surface area contributed by atoms with Crippen molar-refractivity contribution in [2.24, 2.45) is 17.8 Å². The molecule has 2 aliphatic rings. The highest BCUT2D eigenvalue weighted by Gasteiger charge is 2.42. The summed E-state index contributed by atoms with van der Waals surface area (Å²) in [6.45, 7) is 7.71. The highest BCUT2D eigenvalue weighted by Crippen LogP contribution is 2.40. The lowest BCUT2D eigenvalue weighted by Gasteiger charge is -2.30. The fourth-order valence-electron chi connectivity index (χ4n) is 5.21. The minimum absolute atomic E-state index is 0.142. The van der Waals surface area contributed by atoms with Gasteiger partial charge in [-0.3, -0.25) is 4.79 Å². The molecule has 3 atom stereocenters. The summed E-state index contributed by atoms with van der Waals surface area (Å²) in [7, 11) is 2.18. The molecule has 4 rings (SSSR count). The van der Waals surface area contributed by atoms with Crippen LogP contribution in [0.15, 0.2) is 48.5 Å². The lowest BCUT2D eigenvalue weighted by atomic mass is 10.0. The number of rotatable bonds is 8. The van der Waals surface area contributed by atoms with E-state index in [-0.39, 0.29) is 17.8 Å². The molecule has 0 bridgehead atoms. The zero-order chi connectivity index (χ0) is 22.7. The molecule has 1 unspecified atom stereocenters. The first-order valence-corrected chi connectivity index (χ1v) is 11.8. The first kappa shape index (κ1) is 22.8. The number of hydrogen-bond donors (Lipinski definition) is 0. The predicted molar refractivity (Wildman–Crippen MR) is 125 cm³/mol. The fraction of sp³-hybridized carbons (Fsp3) is 0.519. The highest BCUT2D eigenvalue weighted by atomic mass is 19.1. The van der Waals surface area contributed by atoms with Gasteiger partial charge < -0.3 is 14.5 Å². The molecular formula is C27H35FN2O2. The van der Waals surface area contributed by atoms with Crippen molar-refractivity contribution in [3.8, 4) is 5.75 Å². The van der Waals surface area contributed by atoms with Gasteiger partial charge in [0.25, 0.3) is 0 Å². The minimum Gasteiger partial charge on any atom is -0.493 e. The average Bonchev–Trinajstić information content (AvgIpc) is 3.30. The molecule has 0 spiro atoms. The molecule has 0 aromatic heterocycles. The van der Waals surface area contributed by atoms with Gasteiger partial charge in [0.1, 0.15) is 11.6 Å². The van der Waals surface area contributed by atoms with Gasteiger partial charge in [-0.15, -0.1) is 0 Å². The molecular weight excluding hydrogens is 403 g/mol. The third-order valence-electron chi connectivity index (χ3n) is 6.80. The zero-order valence-electron chi connectivity index (χ0n) is 19.5. The number of fused-ring (bicyclic) bond motifs is 1. The van der Waals surface area contributed by atoms with Crippen molar-refractivity contribution in [1.29, 1.82) is 0 Å². The van der Waals surface area contributed by atoms with Gasteiger partial charge in [-0.05, 0) is 73.0 Å². The van der Waals surface area contributed by atoms with Gasteiger partial charge in [-0.1, -0.05) is 38.1 Å². The SMILES string of the molecule is CC(C)COc1ccc(CC(=O)N(Cc2ccc(F)cc2)C2C[C@@H]3CN(C)C[C@@H]3C2)cc1. The monoisotopic (exact) mass is 438 g/mol. The Morgan fingerprint density at radius 3 is 2.22 bits per heavy atom. The summed E-state index contributed by atoms with van der Waals surface area (Å²) in [4.78, 5) is 17.9. The second kappa shape index (κ2) is 10.0. The van der Waals surface area contributed by atoms with Crippen LogP contribution in [0.1, 0.15) is 37.8 Å². The molecule has 0 N–H and O–H groups in total.